The van der Waals surface area contributed by atoms with Crippen LogP contribution in [0.1, 0.15) is 12.8 Å². The Bertz CT molecular complexity index is 321. The molecule has 2 heterocycles. The zero-order valence-corrected chi connectivity index (χ0v) is 8.83. The van der Waals surface area contributed by atoms with Gasteiger partial charge in [0.1, 0.15) is 0 Å². The SMILES string of the molecule is O=C(/N=C/C1CCOC1)C1=NOC(CO)C1. The zero-order chi connectivity index (χ0) is 11.4. The van der Waals surface area contributed by atoms with Crippen molar-refractivity contribution in [1.82, 2.24) is 0 Å². The van der Waals surface area contributed by atoms with E-state index in [-0.39, 0.29) is 24.1 Å². The van der Waals surface area contributed by atoms with Gasteiger partial charge in [-0.25, -0.2) is 4.99 Å². The molecule has 0 aliphatic carbocycles. The molecule has 1 saturated heterocycles. The first-order valence-corrected chi connectivity index (χ1v) is 5.29. The van der Waals surface area contributed by atoms with Crippen molar-refractivity contribution in [3.63, 3.8) is 0 Å². The molecular formula is C10H14N2O4. The third kappa shape index (κ3) is 2.65. The molecule has 1 N–H and O–H groups in total. The highest BCUT2D eigenvalue weighted by molar-refractivity contribution is 6.40. The second-order valence-corrected chi connectivity index (χ2v) is 3.86. The summed E-state index contributed by atoms with van der Waals surface area (Å²) >= 11 is 0. The van der Waals surface area contributed by atoms with Crippen molar-refractivity contribution in [1.29, 1.82) is 0 Å². The molecule has 6 nitrogen and oxygen atoms in total. The molecule has 0 spiro atoms. The number of oxime groups is 1. The van der Waals surface area contributed by atoms with E-state index in [1.807, 2.05) is 0 Å². The van der Waals surface area contributed by atoms with Crippen LogP contribution in [0, 0.1) is 5.92 Å². The maximum Gasteiger partial charge on any atom is 0.294 e. The topological polar surface area (TPSA) is 80.5 Å². The molecule has 2 aliphatic heterocycles. The van der Waals surface area contributed by atoms with Gasteiger partial charge in [-0.05, 0) is 6.42 Å². The van der Waals surface area contributed by atoms with Crippen LogP contribution in [0.2, 0.25) is 0 Å². The molecule has 0 saturated carbocycles. The summed E-state index contributed by atoms with van der Waals surface area (Å²) < 4.78 is 5.16. The highest BCUT2D eigenvalue weighted by atomic mass is 16.6. The molecular weight excluding hydrogens is 212 g/mol. The van der Waals surface area contributed by atoms with Crippen LogP contribution in [0.4, 0.5) is 0 Å². The van der Waals surface area contributed by atoms with E-state index in [1.54, 1.807) is 6.21 Å². The first kappa shape index (κ1) is 11.2. The number of hydrogen-bond donors (Lipinski definition) is 1. The first-order chi connectivity index (χ1) is 7.79. The molecule has 0 aromatic heterocycles. The van der Waals surface area contributed by atoms with E-state index in [2.05, 4.69) is 10.1 Å². The molecule has 2 atom stereocenters. The van der Waals surface area contributed by atoms with Gasteiger partial charge < -0.3 is 14.7 Å². The minimum absolute atomic E-state index is 0.138. The number of aliphatic imine (C=N–C) groups is 1. The van der Waals surface area contributed by atoms with E-state index in [0.717, 1.165) is 13.0 Å². The van der Waals surface area contributed by atoms with Gasteiger partial charge in [-0.3, -0.25) is 4.79 Å². The summed E-state index contributed by atoms with van der Waals surface area (Å²) in [6, 6.07) is 0. The largest absolute Gasteiger partial charge is 0.392 e. The third-order valence-corrected chi connectivity index (χ3v) is 2.55. The number of hydrogen-bond acceptors (Lipinski definition) is 5. The standard InChI is InChI=1S/C10H14N2O4/c13-5-8-3-9(12-16-8)10(14)11-4-7-1-2-15-6-7/h4,7-8,13H,1-3,5-6H2/b11-4+. The van der Waals surface area contributed by atoms with Gasteiger partial charge >= 0.3 is 0 Å². The summed E-state index contributed by atoms with van der Waals surface area (Å²) in [6.45, 7) is 1.21. The average Bonchev–Trinajstić information content (AvgIpc) is 2.96. The molecule has 88 valence electrons. The minimum atomic E-state index is -0.399. The molecule has 1 fully saturated rings. The molecule has 16 heavy (non-hydrogen) atoms. The molecule has 0 aromatic rings. The second-order valence-electron chi connectivity index (χ2n) is 3.86. The normalized spacial score (nSPS) is 29.4. The van der Waals surface area contributed by atoms with Crippen LogP contribution < -0.4 is 0 Å². The predicted molar refractivity (Wildman–Crippen MR) is 56.4 cm³/mol. The van der Waals surface area contributed by atoms with Crippen molar-refractivity contribution >= 4 is 17.8 Å². The van der Waals surface area contributed by atoms with E-state index < -0.39 is 6.10 Å². The lowest BCUT2D eigenvalue weighted by atomic mass is 10.1. The molecule has 6 heteroatoms. The fraction of sp³-hybridized carbons (Fsp3) is 0.700. The number of ether oxygens (including phenoxy) is 1. The van der Waals surface area contributed by atoms with E-state index in [1.165, 1.54) is 0 Å². The van der Waals surface area contributed by atoms with Gasteiger partial charge in [0, 0.05) is 25.2 Å². The molecule has 0 radical (unpaired) electrons. The number of aliphatic hydroxyl groups is 1. The molecule has 2 unspecified atom stereocenters. The van der Waals surface area contributed by atoms with Crippen LogP contribution in [0.25, 0.3) is 0 Å². The maximum atomic E-state index is 11.5. The van der Waals surface area contributed by atoms with Crippen LogP contribution in [-0.4, -0.2) is 48.9 Å². The van der Waals surface area contributed by atoms with Crippen molar-refractivity contribution in [3.05, 3.63) is 0 Å². The van der Waals surface area contributed by atoms with E-state index in [0.29, 0.717) is 13.0 Å². The molecule has 1 amide bonds. The Morgan fingerprint density at radius 3 is 3.19 bits per heavy atom. The van der Waals surface area contributed by atoms with Gasteiger partial charge in [-0.2, -0.15) is 0 Å². The van der Waals surface area contributed by atoms with Crippen LogP contribution in [-0.2, 0) is 14.4 Å². The number of rotatable bonds is 3. The second kappa shape index (κ2) is 5.18. The first-order valence-electron chi connectivity index (χ1n) is 5.29. The number of aliphatic hydroxyl groups excluding tert-OH is 1. The summed E-state index contributed by atoms with van der Waals surface area (Å²) in [5, 5.41) is 12.4. The van der Waals surface area contributed by atoms with Gasteiger partial charge in [0.25, 0.3) is 5.91 Å². The van der Waals surface area contributed by atoms with E-state index in [4.69, 9.17) is 14.7 Å². The number of carbonyl (C=O) groups excluding carboxylic acids is 1. The van der Waals surface area contributed by atoms with Crippen molar-refractivity contribution in [2.24, 2.45) is 16.1 Å². The molecule has 0 bridgehead atoms. The molecule has 2 aliphatic rings. The van der Waals surface area contributed by atoms with Gasteiger partial charge in [0.15, 0.2) is 11.8 Å². The maximum absolute atomic E-state index is 11.5. The summed E-state index contributed by atoms with van der Waals surface area (Å²) in [5.41, 5.74) is 0.272. The molecule has 0 aromatic carbocycles. The summed E-state index contributed by atoms with van der Waals surface area (Å²) in [4.78, 5) is 20.2. The summed E-state index contributed by atoms with van der Waals surface area (Å²) in [7, 11) is 0. The fourth-order valence-electron chi connectivity index (χ4n) is 1.57. The highest BCUT2D eigenvalue weighted by Crippen LogP contribution is 2.12. The third-order valence-electron chi connectivity index (χ3n) is 2.55. The lowest BCUT2D eigenvalue weighted by Gasteiger charge is -2.00. The lowest BCUT2D eigenvalue weighted by Crippen LogP contribution is -2.17. The Hall–Kier alpha value is -1.27. The minimum Gasteiger partial charge on any atom is -0.392 e. The van der Waals surface area contributed by atoms with Crippen molar-refractivity contribution in [3.8, 4) is 0 Å². The quantitative estimate of drug-likeness (QED) is 0.673. The van der Waals surface area contributed by atoms with Gasteiger partial charge in [0.05, 0.1) is 13.2 Å². The van der Waals surface area contributed by atoms with Crippen LogP contribution >= 0.6 is 0 Å². The average molecular weight is 226 g/mol. The number of carbonyl (C=O) groups is 1. The Balaban J connectivity index is 1.84. The lowest BCUT2D eigenvalue weighted by molar-refractivity contribution is -0.111. The van der Waals surface area contributed by atoms with Crippen molar-refractivity contribution < 1.29 is 19.5 Å². The van der Waals surface area contributed by atoms with Gasteiger partial charge in [-0.15, -0.1) is 0 Å². The van der Waals surface area contributed by atoms with E-state index in [9.17, 15) is 4.79 Å². The van der Waals surface area contributed by atoms with Gasteiger partial charge in [0.2, 0.25) is 0 Å². The Morgan fingerprint density at radius 1 is 1.69 bits per heavy atom. The highest BCUT2D eigenvalue weighted by Gasteiger charge is 2.25. The molecule has 2 rings (SSSR count). The smallest absolute Gasteiger partial charge is 0.294 e. The van der Waals surface area contributed by atoms with Crippen LogP contribution in [0.5, 0.6) is 0 Å². The fourth-order valence-corrected chi connectivity index (χ4v) is 1.57. The van der Waals surface area contributed by atoms with Crippen molar-refractivity contribution in [2.45, 2.75) is 18.9 Å². The summed E-state index contributed by atoms with van der Waals surface area (Å²) in [5.74, 6) is -0.164. The monoisotopic (exact) mass is 226 g/mol. The Morgan fingerprint density at radius 2 is 2.56 bits per heavy atom. The summed E-state index contributed by atoms with van der Waals surface area (Å²) in [6.07, 6.45) is 2.45. The zero-order valence-electron chi connectivity index (χ0n) is 8.83. The Kier molecular flexibility index (Phi) is 3.63. The number of nitrogens with zero attached hydrogens (tertiary/aromatic N) is 2. The van der Waals surface area contributed by atoms with Gasteiger partial charge in [-0.1, -0.05) is 5.16 Å². The van der Waals surface area contributed by atoms with Crippen LogP contribution in [0.15, 0.2) is 10.1 Å². The van der Waals surface area contributed by atoms with Crippen LogP contribution in [0.3, 0.4) is 0 Å². The Labute approximate surface area is 92.9 Å². The van der Waals surface area contributed by atoms with Crippen molar-refractivity contribution in [2.75, 3.05) is 19.8 Å². The predicted octanol–water partition coefficient (Wildman–Crippen LogP) is -0.243. The van der Waals surface area contributed by atoms with E-state index >= 15 is 0 Å². The number of amides is 1.